The van der Waals surface area contributed by atoms with Gasteiger partial charge >= 0.3 is 12.1 Å². The normalized spacial score (nSPS) is 11.2. The van der Waals surface area contributed by atoms with Crippen LogP contribution in [-0.2, 0) is 6.18 Å². The summed E-state index contributed by atoms with van der Waals surface area (Å²) in [6.07, 6.45) is -3.40. The molecule has 110 valence electrons. The first-order valence-corrected chi connectivity index (χ1v) is 5.78. The lowest BCUT2D eigenvalue weighted by Gasteiger charge is -2.11. The van der Waals surface area contributed by atoms with Crippen LogP contribution < -0.4 is 4.74 Å². The van der Waals surface area contributed by atoms with Crippen molar-refractivity contribution in [2.24, 2.45) is 0 Å². The van der Waals surface area contributed by atoms with Gasteiger partial charge in [-0.2, -0.15) is 13.2 Å². The van der Waals surface area contributed by atoms with Gasteiger partial charge in [-0.1, -0.05) is 12.1 Å². The van der Waals surface area contributed by atoms with E-state index >= 15 is 0 Å². The van der Waals surface area contributed by atoms with Crippen LogP contribution in [0.2, 0.25) is 0 Å². The van der Waals surface area contributed by atoms with Gasteiger partial charge in [0.2, 0.25) is 5.88 Å². The maximum atomic E-state index is 12.7. The van der Waals surface area contributed by atoms with Gasteiger partial charge in [-0.3, -0.25) is 0 Å². The summed E-state index contributed by atoms with van der Waals surface area (Å²) in [4.78, 5) is 14.8. The molecule has 0 amide bonds. The minimum atomic E-state index is -4.49. The van der Waals surface area contributed by atoms with Crippen molar-refractivity contribution < 1.29 is 27.8 Å². The zero-order chi connectivity index (χ0) is 15.6. The Morgan fingerprint density at radius 3 is 2.57 bits per heavy atom. The van der Waals surface area contributed by atoms with Crippen molar-refractivity contribution in [3.8, 4) is 17.0 Å². The zero-order valence-corrected chi connectivity index (χ0v) is 10.8. The molecule has 0 aliphatic rings. The van der Waals surface area contributed by atoms with E-state index in [0.717, 1.165) is 18.3 Å². The van der Waals surface area contributed by atoms with Crippen molar-refractivity contribution in [2.75, 3.05) is 7.11 Å². The summed E-state index contributed by atoms with van der Waals surface area (Å²) in [5.74, 6) is -1.17. The first-order valence-electron chi connectivity index (χ1n) is 5.78. The number of aromatic nitrogens is 1. The number of ether oxygens (including phenoxy) is 1. The molecule has 0 saturated carbocycles. The highest BCUT2D eigenvalue weighted by atomic mass is 19.4. The minimum absolute atomic E-state index is 0.0549. The number of carboxylic acid groups (broad SMARTS) is 1. The van der Waals surface area contributed by atoms with E-state index in [1.807, 2.05) is 0 Å². The number of carbonyl (C=O) groups is 1. The molecule has 0 bridgehead atoms. The minimum Gasteiger partial charge on any atom is -0.481 e. The molecule has 1 aromatic heterocycles. The molecule has 0 spiro atoms. The van der Waals surface area contributed by atoms with Gasteiger partial charge in [-0.05, 0) is 23.8 Å². The van der Waals surface area contributed by atoms with Crippen LogP contribution in [0.25, 0.3) is 11.1 Å². The first kappa shape index (κ1) is 14.8. The van der Waals surface area contributed by atoms with Gasteiger partial charge in [0.1, 0.15) is 0 Å². The van der Waals surface area contributed by atoms with E-state index in [2.05, 4.69) is 4.98 Å². The number of benzene rings is 1. The summed E-state index contributed by atoms with van der Waals surface area (Å²) in [7, 11) is 1.31. The van der Waals surface area contributed by atoms with Gasteiger partial charge in [-0.25, -0.2) is 9.78 Å². The van der Waals surface area contributed by atoms with Crippen LogP contribution in [-0.4, -0.2) is 23.2 Å². The van der Waals surface area contributed by atoms with Crippen molar-refractivity contribution in [2.45, 2.75) is 6.18 Å². The molecule has 0 unspecified atom stereocenters. The molecule has 1 aromatic carbocycles. The summed E-state index contributed by atoms with van der Waals surface area (Å²) < 4.78 is 43.2. The van der Waals surface area contributed by atoms with Gasteiger partial charge in [-0.15, -0.1) is 0 Å². The maximum Gasteiger partial charge on any atom is 0.416 e. The molecular weight excluding hydrogens is 287 g/mol. The summed E-state index contributed by atoms with van der Waals surface area (Å²) >= 11 is 0. The Hall–Kier alpha value is -2.57. The number of halogens is 3. The lowest BCUT2D eigenvalue weighted by atomic mass is 10.0. The topological polar surface area (TPSA) is 59.4 Å². The van der Waals surface area contributed by atoms with Crippen LogP contribution in [0.15, 0.2) is 36.5 Å². The lowest BCUT2D eigenvalue weighted by Crippen LogP contribution is -2.05. The van der Waals surface area contributed by atoms with Gasteiger partial charge in [0.05, 0.1) is 18.2 Å². The number of carboxylic acids is 1. The Kier molecular flexibility index (Phi) is 3.84. The van der Waals surface area contributed by atoms with Crippen molar-refractivity contribution in [1.82, 2.24) is 4.98 Å². The molecular formula is C14H10F3NO3. The smallest absolute Gasteiger partial charge is 0.416 e. The molecule has 2 rings (SSSR count). The number of methoxy groups -OCH3 is 1. The van der Waals surface area contributed by atoms with Crippen molar-refractivity contribution >= 4 is 5.97 Å². The second-order valence-electron chi connectivity index (χ2n) is 4.16. The number of alkyl halides is 3. The number of pyridine rings is 1. The highest BCUT2D eigenvalue weighted by molar-refractivity contribution is 5.89. The van der Waals surface area contributed by atoms with E-state index in [1.165, 1.54) is 25.3 Å². The number of nitrogens with zero attached hydrogens (tertiary/aromatic N) is 1. The quantitative estimate of drug-likeness (QED) is 0.942. The maximum absolute atomic E-state index is 12.7. The number of rotatable bonds is 3. The SMILES string of the molecule is COc1ncc(C(=O)O)cc1-c1cccc(C(F)(F)F)c1. The summed E-state index contributed by atoms with van der Waals surface area (Å²) in [5, 5.41) is 8.94. The first-order chi connectivity index (χ1) is 9.82. The van der Waals surface area contributed by atoms with E-state index in [-0.39, 0.29) is 22.6 Å². The summed E-state index contributed by atoms with van der Waals surface area (Å²) in [5.41, 5.74) is -0.605. The van der Waals surface area contributed by atoms with E-state index in [1.54, 1.807) is 0 Å². The highest BCUT2D eigenvalue weighted by Gasteiger charge is 2.30. The third kappa shape index (κ3) is 3.13. The number of aromatic carboxylic acids is 1. The molecule has 21 heavy (non-hydrogen) atoms. The molecule has 0 saturated heterocycles. The van der Waals surface area contributed by atoms with Crippen molar-refractivity contribution in [1.29, 1.82) is 0 Å². The van der Waals surface area contributed by atoms with Crippen LogP contribution in [0.5, 0.6) is 5.88 Å². The monoisotopic (exact) mass is 297 g/mol. The number of hydrogen-bond acceptors (Lipinski definition) is 3. The summed E-state index contributed by atoms with van der Waals surface area (Å²) in [6.45, 7) is 0. The Labute approximate surface area is 117 Å². The third-order valence-electron chi connectivity index (χ3n) is 2.79. The Morgan fingerprint density at radius 2 is 2.00 bits per heavy atom. The largest absolute Gasteiger partial charge is 0.481 e. The molecule has 0 fully saturated rings. The average Bonchev–Trinajstić information content (AvgIpc) is 2.45. The molecule has 0 atom stereocenters. The second kappa shape index (κ2) is 5.43. The molecule has 7 heteroatoms. The predicted octanol–water partition coefficient (Wildman–Crippen LogP) is 3.47. The Balaban J connectivity index is 2.60. The van der Waals surface area contributed by atoms with Crippen LogP contribution in [0.1, 0.15) is 15.9 Å². The number of hydrogen-bond donors (Lipinski definition) is 1. The van der Waals surface area contributed by atoms with E-state index in [4.69, 9.17) is 9.84 Å². The van der Waals surface area contributed by atoms with Gasteiger partial charge < -0.3 is 9.84 Å². The molecule has 1 N–H and O–H groups in total. The molecule has 2 aromatic rings. The van der Waals surface area contributed by atoms with E-state index in [9.17, 15) is 18.0 Å². The molecule has 0 aliphatic carbocycles. The Bertz CT molecular complexity index is 683. The molecule has 1 heterocycles. The second-order valence-corrected chi connectivity index (χ2v) is 4.16. The van der Waals surface area contributed by atoms with E-state index in [0.29, 0.717) is 0 Å². The van der Waals surface area contributed by atoms with Crippen LogP contribution in [0.3, 0.4) is 0 Å². The molecule has 4 nitrogen and oxygen atoms in total. The predicted molar refractivity (Wildman–Crippen MR) is 68.2 cm³/mol. The standard InChI is InChI=1S/C14H10F3NO3/c1-21-12-11(6-9(7-18-12)13(19)20)8-3-2-4-10(5-8)14(15,16)17/h2-7H,1H3,(H,19,20). The highest BCUT2D eigenvalue weighted by Crippen LogP contribution is 2.34. The fraction of sp³-hybridized carbons (Fsp3) is 0.143. The van der Waals surface area contributed by atoms with E-state index < -0.39 is 17.7 Å². The zero-order valence-electron chi connectivity index (χ0n) is 10.8. The van der Waals surface area contributed by atoms with Gasteiger partial charge in [0.15, 0.2) is 0 Å². The summed E-state index contributed by atoms with van der Waals surface area (Å²) in [6, 6.07) is 5.75. The van der Waals surface area contributed by atoms with Crippen molar-refractivity contribution in [3.05, 3.63) is 47.7 Å². The fourth-order valence-electron chi connectivity index (χ4n) is 1.80. The molecule has 0 radical (unpaired) electrons. The lowest BCUT2D eigenvalue weighted by molar-refractivity contribution is -0.137. The van der Waals surface area contributed by atoms with Crippen LogP contribution in [0, 0.1) is 0 Å². The van der Waals surface area contributed by atoms with Crippen molar-refractivity contribution in [3.63, 3.8) is 0 Å². The van der Waals surface area contributed by atoms with Gasteiger partial charge in [0.25, 0.3) is 0 Å². The average molecular weight is 297 g/mol. The van der Waals surface area contributed by atoms with Crippen LogP contribution >= 0.6 is 0 Å². The fourth-order valence-corrected chi connectivity index (χ4v) is 1.80. The molecule has 0 aliphatic heterocycles. The van der Waals surface area contributed by atoms with Crippen LogP contribution in [0.4, 0.5) is 13.2 Å². The van der Waals surface area contributed by atoms with Gasteiger partial charge in [0, 0.05) is 11.8 Å². The Morgan fingerprint density at radius 1 is 1.29 bits per heavy atom. The third-order valence-corrected chi connectivity index (χ3v) is 2.79.